The van der Waals surface area contributed by atoms with Crippen molar-refractivity contribution in [3.63, 3.8) is 0 Å². The summed E-state index contributed by atoms with van der Waals surface area (Å²) in [6.45, 7) is 8.14. The molecular formula is C21H27ClNO3P. The molecule has 1 amide bonds. The fraction of sp³-hybridized carbons (Fsp3) is 0.333. The molecule has 0 aromatic heterocycles. The summed E-state index contributed by atoms with van der Waals surface area (Å²) in [4.78, 5) is 24.7. The van der Waals surface area contributed by atoms with Gasteiger partial charge in [-0.05, 0) is 0 Å². The molecule has 4 nitrogen and oxygen atoms in total. The molecule has 0 spiro atoms. The number of nitrogens with one attached hydrogen (secondary N) is 1. The van der Waals surface area contributed by atoms with Crippen LogP contribution in [0.15, 0.2) is 42.5 Å². The van der Waals surface area contributed by atoms with E-state index in [1.54, 1.807) is 0 Å². The summed E-state index contributed by atoms with van der Waals surface area (Å²) >= 11 is 6.04. The number of esters is 1. The standard InChI is InChI=1S/C21H27ClNO3P/c1-15-10-18(22)11-16(2)21(15)23-19(24)13-27(3,4)14-20(25)26-12-17-8-6-5-7-9-17/h5-11,27H,12-14H2,1-4H3,(H,23,24). The van der Waals surface area contributed by atoms with Gasteiger partial charge in [0.2, 0.25) is 0 Å². The van der Waals surface area contributed by atoms with Gasteiger partial charge in [0.05, 0.1) is 0 Å². The van der Waals surface area contributed by atoms with Crippen LogP contribution in [0.2, 0.25) is 5.02 Å². The summed E-state index contributed by atoms with van der Waals surface area (Å²) in [5.41, 5.74) is 3.60. The van der Waals surface area contributed by atoms with Gasteiger partial charge in [-0.2, -0.15) is 0 Å². The molecule has 1 N–H and O–H groups in total. The Kier molecular flexibility index (Phi) is 7.41. The molecule has 0 aliphatic carbocycles. The molecule has 2 aromatic carbocycles. The Morgan fingerprint density at radius 3 is 2.22 bits per heavy atom. The summed E-state index contributed by atoms with van der Waals surface area (Å²) in [6, 6.07) is 13.2. The number of hydrogen-bond acceptors (Lipinski definition) is 3. The molecule has 0 saturated heterocycles. The summed E-state index contributed by atoms with van der Waals surface area (Å²) in [6.07, 6.45) is 0.667. The molecule has 0 radical (unpaired) electrons. The Morgan fingerprint density at radius 1 is 1.04 bits per heavy atom. The van der Waals surface area contributed by atoms with E-state index in [9.17, 15) is 9.59 Å². The van der Waals surface area contributed by atoms with E-state index in [1.807, 2.05) is 69.6 Å². The number of ether oxygens (including phenoxy) is 1. The minimum absolute atomic E-state index is 0.0731. The van der Waals surface area contributed by atoms with Gasteiger partial charge in [0.15, 0.2) is 0 Å². The molecule has 0 atom stereocenters. The van der Waals surface area contributed by atoms with Gasteiger partial charge in [0.25, 0.3) is 0 Å². The van der Waals surface area contributed by atoms with Crippen LogP contribution in [0.1, 0.15) is 16.7 Å². The molecule has 0 aliphatic heterocycles. The fourth-order valence-electron chi connectivity index (χ4n) is 2.97. The predicted molar refractivity (Wildman–Crippen MR) is 116 cm³/mol. The molecule has 146 valence electrons. The van der Waals surface area contributed by atoms with E-state index in [0.717, 1.165) is 22.4 Å². The van der Waals surface area contributed by atoms with Gasteiger partial charge in [-0.15, -0.1) is 0 Å². The molecule has 0 saturated carbocycles. The normalized spacial score (nSPS) is 11.7. The van der Waals surface area contributed by atoms with Crippen LogP contribution < -0.4 is 5.32 Å². The van der Waals surface area contributed by atoms with Crippen LogP contribution in [0.5, 0.6) is 0 Å². The van der Waals surface area contributed by atoms with Crippen LogP contribution in [0.3, 0.4) is 0 Å². The Hall–Kier alpha value is -1.90. The Balaban J connectivity index is 1.89. The van der Waals surface area contributed by atoms with E-state index >= 15 is 0 Å². The quantitative estimate of drug-likeness (QED) is 0.537. The average molecular weight is 408 g/mol. The zero-order chi connectivity index (χ0) is 20.0. The van der Waals surface area contributed by atoms with Crippen LogP contribution >= 0.6 is 18.9 Å². The van der Waals surface area contributed by atoms with E-state index in [1.165, 1.54) is 0 Å². The SMILES string of the molecule is Cc1cc(Cl)cc(C)c1NC(=O)C[PH](C)(C)CC(=O)OCc1ccccc1. The molecular weight excluding hydrogens is 381 g/mol. The molecule has 0 bridgehead atoms. The first-order valence-electron chi connectivity index (χ1n) is 8.92. The van der Waals surface area contributed by atoms with E-state index in [-0.39, 0.29) is 18.5 Å². The summed E-state index contributed by atoms with van der Waals surface area (Å²) < 4.78 is 5.36. The summed E-state index contributed by atoms with van der Waals surface area (Å²) in [7, 11) is -2.08. The zero-order valence-corrected chi connectivity index (χ0v) is 18.0. The number of halogens is 1. The number of rotatable bonds is 7. The first-order chi connectivity index (χ1) is 12.7. The third-order valence-electron chi connectivity index (χ3n) is 4.27. The monoisotopic (exact) mass is 407 g/mol. The second kappa shape index (κ2) is 9.34. The van der Waals surface area contributed by atoms with Crippen LogP contribution in [0, 0.1) is 13.8 Å². The first kappa shape index (κ1) is 21.4. The number of anilines is 1. The number of hydrogen-bond donors (Lipinski definition) is 1. The molecule has 0 unspecified atom stereocenters. The Morgan fingerprint density at radius 2 is 1.63 bits per heavy atom. The van der Waals surface area contributed by atoms with E-state index in [2.05, 4.69) is 5.32 Å². The van der Waals surface area contributed by atoms with E-state index < -0.39 is 7.26 Å². The van der Waals surface area contributed by atoms with Crippen LogP contribution in [-0.2, 0) is 20.9 Å². The van der Waals surface area contributed by atoms with Crippen molar-refractivity contribution in [1.29, 1.82) is 0 Å². The van der Waals surface area contributed by atoms with Crippen molar-refractivity contribution >= 4 is 36.4 Å². The topological polar surface area (TPSA) is 55.4 Å². The maximum absolute atomic E-state index is 12.5. The van der Waals surface area contributed by atoms with Crippen molar-refractivity contribution < 1.29 is 14.3 Å². The third kappa shape index (κ3) is 6.97. The van der Waals surface area contributed by atoms with Gasteiger partial charge in [-0.25, -0.2) is 0 Å². The molecule has 2 rings (SSSR count). The number of aryl methyl sites for hydroxylation is 2. The van der Waals surface area contributed by atoms with Crippen LogP contribution in [0.4, 0.5) is 5.69 Å². The van der Waals surface area contributed by atoms with E-state index in [0.29, 0.717) is 17.3 Å². The zero-order valence-electron chi connectivity index (χ0n) is 16.3. The maximum atomic E-state index is 12.5. The number of carbonyl (C=O) groups is 2. The van der Waals surface area contributed by atoms with Crippen molar-refractivity contribution in [2.45, 2.75) is 20.5 Å². The predicted octanol–water partition coefficient (Wildman–Crippen LogP) is 4.65. The third-order valence-corrected chi connectivity index (χ3v) is 7.01. The van der Waals surface area contributed by atoms with Gasteiger partial charge in [-0.3, -0.25) is 0 Å². The fourth-order valence-corrected chi connectivity index (χ4v) is 5.26. The summed E-state index contributed by atoms with van der Waals surface area (Å²) in [5, 5.41) is 3.63. The molecule has 0 aliphatic rings. The van der Waals surface area contributed by atoms with Crippen molar-refractivity contribution in [3.05, 3.63) is 64.2 Å². The number of carbonyl (C=O) groups excluding carboxylic acids is 2. The van der Waals surface area contributed by atoms with Crippen LogP contribution in [-0.4, -0.2) is 37.5 Å². The molecule has 0 fully saturated rings. The first-order valence-corrected chi connectivity index (χ1v) is 12.7. The van der Waals surface area contributed by atoms with Crippen molar-refractivity contribution in [2.75, 3.05) is 31.0 Å². The van der Waals surface area contributed by atoms with Crippen molar-refractivity contribution in [3.8, 4) is 0 Å². The molecule has 27 heavy (non-hydrogen) atoms. The molecule has 6 heteroatoms. The second-order valence-electron chi connectivity index (χ2n) is 7.63. The Labute approximate surface area is 166 Å². The van der Waals surface area contributed by atoms with E-state index in [4.69, 9.17) is 16.3 Å². The summed E-state index contributed by atoms with van der Waals surface area (Å²) in [5.74, 6) is -0.321. The Bertz CT molecular complexity index is 798. The van der Waals surface area contributed by atoms with Crippen molar-refractivity contribution in [2.24, 2.45) is 0 Å². The van der Waals surface area contributed by atoms with Gasteiger partial charge in [0.1, 0.15) is 0 Å². The van der Waals surface area contributed by atoms with Crippen molar-refractivity contribution in [1.82, 2.24) is 0 Å². The molecule has 0 heterocycles. The van der Waals surface area contributed by atoms with Crippen LogP contribution in [0.25, 0.3) is 0 Å². The second-order valence-corrected chi connectivity index (χ2v) is 13.1. The number of amides is 1. The van der Waals surface area contributed by atoms with Gasteiger partial charge >= 0.3 is 166 Å². The van der Waals surface area contributed by atoms with Gasteiger partial charge in [0, 0.05) is 0 Å². The van der Waals surface area contributed by atoms with Gasteiger partial charge < -0.3 is 0 Å². The molecule has 2 aromatic rings. The number of benzene rings is 2. The minimum atomic E-state index is -2.08. The van der Waals surface area contributed by atoms with Gasteiger partial charge in [-0.1, -0.05) is 0 Å². The average Bonchev–Trinajstić information content (AvgIpc) is 2.56.